The molecule has 30 heavy (non-hydrogen) atoms. The quantitative estimate of drug-likeness (QED) is 0.349. The lowest BCUT2D eigenvalue weighted by molar-refractivity contribution is 0.0529. The molecular weight excluding hydrogens is 382 g/mol. The molecule has 0 unspecified atom stereocenters. The predicted octanol–water partition coefficient (Wildman–Crippen LogP) is 1.41. The minimum absolute atomic E-state index is 0.417. The molecule has 168 valence electrons. The molecule has 0 aromatic carbocycles. The zero-order valence-electron chi connectivity index (χ0n) is 19.0. The van der Waals surface area contributed by atoms with Crippen LogP contribution in [0, 0.1) is 0 Å². The number of anilines is 1. The largest absolute Gasteiger partial charge is 0.444 e. The molecule has 0 atom stereocenters. The molecule has 2 rings (SSSR count). The van der Waals surface area contributed by atoms with Crippen molar-refractivity contribution in [3.05, 3.63) is 23.9 Å². The third-order valence-corrected chi connectivity index (χ3v) is 4.49. The normalized spacial score (nSPS) is 15.6. The number of carbonyl (C=O) groups is 1. The Morgan fingerprint density at radius 1 is 1.17 bits per heavy atom. The van der Waals surface area contributed by atoms with E-state index in [1.165, 1.54) is 0 Å². The fourth-order valence-electron chi connectivity index (χ4n) is 2.94. The van der Waals surface area contributed by atoms with E-state index >= 15 is 0 Å². The Labute approximate surface area is 180 Å². The first-order chi connectivity index (χ1) is 14.3. The highest BCUT2D eigenvalue weighted by molar-refractivity contribution is 5.79. The number of likely N-dealkylation sites (N-methyl/N-ethyl adjacent to an activating group) is 1. The fourth-order valence-corrected chi connectivity index (χ4v) is 2.94. The van der Waals surface area contributed by atoms with E-state index in [-0.39, 0.29) is 0 Å². The highest BCUT2D eigenvalue weighted by atomic mass is 16.6. The molecule has 0 aliphatic carbocycles. The second kappa shape index (κ2) is 11.6. The first kappa shape index (κ1) is 23.7. The molecule has 1 aliphatic rings. The fraction of sp³-hybridized carbons (Fsp3) is 0.667. The van der Waals surface area contributed by atoms with Gasteiger partial charge in [0, 0.05) is 52.0 Å². The zero-order chi connectivity index (χ0) is 22.0. The Morgan fingerprint density at radius 2 is 1.87 bits per heavy atom. The van der Waals surface area contributed by atoms with E-state index in [1.54, 1.807) is 0 Å². The molecule has 0 radical (unpaired) electrons. The molecule has 0 saturated carbocycles. The Morgan fingerprint density at radius 3 is 2.53 bits per heavy atom. The molecular formula is C21H37N7O2. The number of alkyl carbamates (subject to hydrolysis) is 1. The molecule has 1 aromatic rings. The SMILES string of the molecule is CCNC(=NCc1ccnc(N2CCN(C)CC2)c1)NCCNC(=O)OC(C)(C)C. The summed E-state index contributed by atoms with van der Waals surface area (Å²) in [6, 6.07) is 4.11. The maximum atomic E-state index is 11.7. The first-order valence-corrected chi connectivity index (χ1v) is 10.6. The van der Waals surface area contributed by atoms with Crippen molar-refractivity contribution in [2.75, 3.05) is 57.8 Å². The predicted molar refractivity (Wildman–Crippen MR) is 121 cm³/mol. The van der Waals surface area contributed by atoms with E-state index in [4.69, 9.17) is 4.74 Å². The van der Waals surface area contributed by atoms with Crippen LogP contribution < -0.4 is 20.9 Å². The van der Waals surface area contributed by atoms with Crippen LogP contribution in [0.4, 0.5) is 10.6 Å². The van der Waals surface area contributed by atoms with Crippen LogP contribution >= 0.6 is 0 Å². The van der Waals surface area contributed by atoms with Crippen molar-refractivity contribution in [3.8, 4) is 0 Å². The lowest BCUT2D eigenvalue weighted by Crippen LogP contribution is -2.44. The van der Waals surface area contributed by atoms with Crippen molar-refractivity contribution in [2.24, 2.45) is 4.99 Å². The topological polar surface area (TPSA) is 94.1 Å². The number of ether oxygens (including phenoxy) is 1. The summed E-state index contributed by atoms with van der Waals surface area (Å²) < 4.78 is 5.23. The van der Waals surface area contributed by atoms with Crippen LogP contribution in [-0.4, -0.2) is 80.4 Å². The number of aliphatic imine (C=N–C) groups is 1. The van der Waals surface area contributed by atoms with Gasteiger partial charge in [-0.3, -0.25) is 0 Å². The van der Waals surface area contributed by atoms with E-state index in [0.717, 1.165) is 44.1 Å². The summed E-state index contributed by atoms with van der Waals surface area (Å²) in [5.74, 6) is 1.72. The van der Waals surface area contributed by atoms with E-state index in [2.05, 4.69) is 48.8 Å². The number of hydrogen-bond acceptors (Lipinski definition) is 6. The van der Waals surface area contributed by atoms with Gasteiger partial charge in [0.2, 0.25) is 0 Å². The second-order valence-corrected chi connectivity index (χ2v) is 8.36. The summed E-state index contributed by atoms with van der Waals surface area (Å²) in [6.45, 7) is 13.9. The monoisotopic (exact) mass is 419 g/mol. The van der Waals surface area contributed by atoms with Gasteiger partial charge in [0.1, 0.15) is 11.4 Å². The average Bonchev–Trinajstić information content (AvgIpc) is 2.68. The number of nitrogens with zero attached hydrogens (tertiary/aromatic N) is 4. The summed E-state index contributed by atoms with van der Waals surface area (Å²) in [4.78, 5) is 25.5. The molecule has 0 bridgehead atoms. The minimum Gasteiger partial charge on any atom is -0.444 e. The van der Waals surface area contributed by atoms with Gasteiger partial charge in [0.15, 0.2) is 5.96 Å². The third-order valence-electron chi connectivity index (χ3n) is 4.49. The molecule has 0 spiro atoms. The van der Waals surface area contributed by atoms with Gasteiger partial charge in [-0.2, -0.15) is 0 Å². The highest BCUT2D eigenvalue weighted by Gasteiger charge is 2.16. The van der Waals surface area contributed by atoms with Crippen LogP contribution in [0.1, 0.15) is 33.3 Å². The van der Waals surface area contributed by atoms with Gasteiger partial charge in [-0.1, -0.05) is 0 Å². The summed E-state index contributed by atoms with van der Waals surface area (Å²) in [6.07, 6.45) is 1.43. The summed E-state index contributed by atoms with van der Waals surface area (Å²) in [5, 5.41) is 9.19. The van der Waals surface area contributed by atoms with Crippen molar-refractivity contribution in [1.29, 1.82) is 0 Å². The lowest BCUT2D eigenvalue weighted by Gasteiger charge is -2.33. The number of carbonyl (C=O) groups excluding carboxylic acids is 1. The average molecular weight is 420 g/mol. The smallest absolute Gasteiger partial charge is 0.407 e. The maximum absolute atomic E-state index is 11.7. The van der Waals surface area contributed by atoms with Gasteiger partial charge in [-0.05, 0) is 52.4 Å². The first-order valence-electron chi connectivity index (χ1n) is 10.6. The van der Waals surface area contributed by atoms with E-state index in [9.17, 15) is 4.79 Å². The lowest BCUT2D eigenvalue weighted by atomic mass is 10.2. The summed E-state index contributed by atoms with van der Waals surface area (Å²) in [5.41, 5.74) is 0.615. The van der Waals surface area contributed by atoms with Gasteiger partial charge in [0.25, 0.3) is 0 Å². The van der Waals surface area contributed by atoms with E-state index < -0.39 is 11.7 Å². The van der Waals surface area contributed by atoms with Crippen molar-refractivity contribution < 1.29 is 9.53 Å². The van der Waals surface area contributed by atoms with Crippen LogP contribution in [0.3, 0.4) is 0 Å². The number of piperazine rings is 1. The highest BCUT2D eigenvalue weighted by Crippen LogP contribution is 2.15. The number of pyridine rings is 1. The second-order valence-electron chi connectivity index (χ2n) is 8.36. The Kier molecular flexibility index (Phi) is 9.16. The molecule has 1 amide bonds. The molecule has 1 aliphatic heterocycles. The number of aromatic nitrogens is 1. The Bertz CT molecular complexity index is 695. The summed E-state index contributed by atoms with van der Waals surface area (Å²) in [7, 11) is 2.15. The van der Waals surface area contributed by atoms with Crippen molar-refractivity contribution in [2.45, 2.75) is 39.8 Å². The van der Waals surface area contributed by atoms with Crippen molar-refractivity contribution >= 4 is 17.9 Å². The molecule has 3 N–H and O–H groups in total. The Hall–Kier alpha value is -2.55. The van der Waals surface area contributed by atoms with Gasteiger partial charge >= 0.3 is 6.09 Å². The number of rotatable bonds is 7. The number of hydrogen-bond donors (Lipinski definition) is 3. The van der Waals surface area contributed by atoms with Crippen LogP contribution in [-0.2, 0) is 11.3 Å². The molecule has 9 heteroatoms. The molecule has 2 heterocycles. The zero-order valence-corrected chi connectivity index (χ0v) is 19.0. The van der Waals surface area contributed by atoms with Crippen LogP contribution in [0.5, 0.6) is 0 Å². The van der Waals surface area contributed by atoms with Gasteiger partial charge in [-0.15, -0.1) is 0 Å². The number of nitrogens with one attached hydrogen (secondary N) is 3. The van der Waals surface area contributed by atoms with Gasteiger partial charge in [0.05, 0.1) is 6.54 Å². The van der Waals surface area contributed by atoms with Crippen LogP contribution in [0.2, 0.25) is 0 Å². The van der Waals surface area contributed by atoms with E-state index in [0.29, 0.717) is 25.6 Å². The number of guanidine groups is 1. The Balaban J connectivity index is 1.84. The third kappa shape index (κ3) is 8.86. The van der Waals surface area contributed by atoms with Gasteiger partial charge < -0.3 is 30.5 Å². The number of amides is 1. The maximum Gasteiger partial charge on any atom is 0.407 e. The molecule has 9 nitrogen and oxygen atoms in total. The van der Waals surface area contributed by atoms with Crippen LogP contribution in [0.25, 0.3) is 0 Å². The van der Waals surface area contributed by atoms with E-state index in [1.807, 2.05) is 40.0 Å². The van der Waals surface area contributed by atoms with Gasteiger partial charge in [-0.25, -0.2) is 14.8 Å². The van der Waals surface area contributed by atoms with Crippen LogP contribution in [0.15, 0.2) is 23.3 Å². The standard InChI is InChI=1S/C21H37N7O2/c1-6-22-19(24-9-10-25-20(29)30-21(2,3)4)26-16-17-7-8-23-18(15-17)28-13-11-27(5)12-14-28/h7-8,15H,6,9-14,16H2,1-5H3,(H,25,29)(H2,22,24,26). The van der Waals surface area contributed by atoms with Crippen molar-refractivity contribution in [3.63, 3.8) is 0 Å². The molecule has 1 fully saturated rings. The molecule has 1 saturated heterocycles. The minimum atomic E-state index is -0.499. The summed E-state index contributed by atoms with van der Waals surface area (Å²) >= 11 is 0. The van der Waals surface area contributed by atoms with Crippen molar-refractivity contribution in [1.82, 2.24) is 25.8 Å². The molecule has 1 aromatic heterocycles.